The number of carbonyl (C=O) groups is 1. The molecule has 1 aliphatic carbocycles. The molecule has 0 saturated carbocycles. The van der Waals surface area contributed by atoms with E-state index < -0.39 is 0 Å². The number of aromatic nitrogens is 2. The van der Waals surface area contributed by atoms with Crippen LogP contribution in [0.2, 0.25) is 0 Å². The number of aromatic amines is 1. The zero-order chi connectivity index (χ0) is 13.0. The van der Waals surface area contributed by atoms with Gasteiger partial charge >= 0.3 is 0 Å². The Bertz CT molecular complexity index is 680. The van der Waals surface area contributed by atoms with Crippen LogP contribution in [0.4, 0.5) is 4.48 Å². The molecule has 1 aliphatic heterocycles. The van der Waals surface area contributed by atoms with Gasteiger partial charge in [0.2, 0.25) is 0 Å². The highest BCUT2D eigenvalue weighted by molar-refractivity contribution is 5.83. The van der Waals surface area contributed by atoms with E-state index in [1.165, 1.54) is 11.3 Å². The minimum absolute atomic E-state index is 0.218. The Morgan fingerprint density at radius 1 is 1.42 bits per heavy atom. The van der Waals surface area contributed by atoms with Crippen LogP contribution in [0.5, 0.6) is 0 Å². The van der Waals surface area contributed by atoms with E-state index >= 15 is 0 Å². The summed E-state index contributed by atoms with van der Waals surface area (Å²) in [5.41, 5.74) is 3.09. The molecule has 2 aromatic rings. The third kappa shape index (κ3) is 1.50. The van der Waals surface area contributed by atoms with Crippen LogP contribution in [-0.2, 0) is 17.6 Å². The maximum absolute atomic E-state index is 13.4. The smallest absolute Gasteiger partial charge is 0.250 e. The van der Waals surface area contributed by atoms with Crippen molar-refractivity contribution in [2.24, 2.45) is 5.41 Å². The molecule has 1 fully saturated rings. The lowest BCUT2D eigenvalue weighted by Crippen LogP contribution is -2.30. The number of pyridine rings is 1. The number of nitrogens with zero attached hydrogens (tertiary/aromatic N) is 2. The summed E-state index contributed by atoms with van der Waals surface area (Å²) in [6.45, 7) is 0.234. The highest BCUT2D eigenvalue weighted by Gasteiger charge is 2.46. The largest absolute Gasteiger partial charge is 0.343 e. The maximum Gasteiger partial charge on any atom is 0.250 e. The van der Waals surface area contributed by atoms with Gasteiger partial charge in [-0.3, -0.25) is 4.79 Å². The first-order chi connectivity index (χ1) is 9.17. The van der Waals surface area contributed by atoms with Gasteiger partial charge in [-0.2, -0.15) is 5.12 Å². The van der Waals surface area contributed by atoms with Crippen LogP contribution in [0, 0.1) is 5.41 Å². The second kappa shape index (κ2) is 3.56. The Morgan fingerprint density at radius 3 is 3.11 bits per heavy atom. The third-order valence-corrected chi connectivity index (χ3v) is 4.49. The summed E-state index contributed by atoms with van der Waals surface area (Å²) in [5.74, 6) is -0.374. The van der Waals surface area contributed by atoms with E-state index in [0.717, 1.165) is 30.3 Å². The predicted molar refractivity (Wildman–Crippen MR) is 68.0 cm³/mol. The van der Waals surface area contributed by atoms with Gasteiger partial charge in [0.05, 0.1) is 6.54 Å². The lowest BCUT2D eigenvalue weighted by Gasteiger charge is -2.31. The van der Waals surface area contributed by atoms with Gasteiger partial charge in [0.15, 0.2) is 0 Å². The van der Waals surface area contributed by atoms with Crippen molar-refractivity contribution in [3.63, 3.8) is 0 Å². The molecule has 1 spiro atoms. The molecule has 1 unspecified atom stereocenters. The van der Waals surface area contributed by atoms with Crippen LogP contribution in [-0.4, -0.2) is 27.5 Å². The Kier molecular flexibility index (Phi) is 2.05. The van der Waals surface area contributed by atoms with E-state index in [1.807, 2.05) is 12.1 Å². The fourth-order valence-electron chi connectivity index (χ4n) is 3.53. The van der Waals surface area contributed by atoms with Crippen LogP contribution in [0.15, 0.2) is 18.3 Å². The van der Waals surface area contributed by atoms with Crippen molar-refractivity contribution in [3.05, 3.63) is 29.6 Å². The molecular weight excluding hydrogens is 245 g/mol. The first-order valence-corrected chi connectivity index (χ1v) is 6.58. The van der Waals surface area contributed by atoms with Gasteiger partial charge in [0, 0.05) is 29.1 Å². The minimum atomic E-state index is -0.374. The quantitative estimate of drug-likeness (QED) is 0.737. The van der Waals surface area contributed by atoms with E-state index in [0.29, 0.717) is 11.5 Å². The first-order valence-electron chi connectivity index (χ1n) is 6.58. The third-order valence-electron chi connectivity index (χ3n) is 4.49. The number of nitrogens with one attached hydrogen (secondary N) is 1. The molecule has 4 rings (SSSR count). The molecule has 0 bridgehead atoms. The minimum Gasteiger partial charge on any atom is -0.343 e. The number of aryl methyl sites for hydroxylation is 1. The number of amides is 1. The van der Waals surface area contributed by atoms with Gasteiger partial charge in [-0.15, -0.1) is 0 Å². The van der Waals surface area contributed by atoms with E-state index in [2.05, 4.69) is 9.97 Å². The Labute approximate surface area is 109 Å². The molecule has 3 heterocycles. The number of halogens is 1. The van der Waals surface area contributed by atoms with Gasteiger partial charge in [-0.25, -0.2) is 4.98 Å². The predicted octanol–water partition coefficient (Wildman–Crippen LogP) is 2.15. The van der Waals surface area contributed by atoms with Crippen LogP contribution in [0.1, 0.15) is 24.1 Å². The van der Waals surface area contributed by atoms with Crippen LogP contribution >= 0.6 is 0 Å². The molecule has 0 radical (unpaired) electrons. The number of hydrogen-bond acceptors (Lipinski definition) is 2. The normalized spacial score (nSPS) is 26.4. The monoisotopic (exact) mass is 259 g/mol. The van der Waals surface area contributed by atoms with Crippen molar-refractivity contribution in [3.8, 4) is 0 Å². The second-order valence-corrected chi connectivity index (χ2v) is 5.75. The molecule has 98 valence electrons. The number of carbonyl (C=O) groups excluding carboxylic acids is 1. The summed E-state index contributed by atoms with van der Waals surface area (Å²) in [6, 6.07) is 3.96. The topological polar surface area (TPSA) is 49.0 Å². The van der Waals surface area contributed by atoms with Crippen molar-refractivity contribution in [2.75, 3.05) is 6.54 Å². The average molecular weight is 259 g/mol. The van der Waals surface area contributed by atoms with Crippen molar-refractivity contribution >= 4 is 16.9 Å². The van der Waals surface area contributed by atoms with Gasteiger partial charge in [0.1, 0.15) is 5.65 Å². The zero-order valence-corrected chi connectivity index (χ0v) is 10.4. The van der Waals surface area contributed by atoms with E-state index in [4.69, 9.17) is 0 Å². The Morgan fingerprint density at radius 2 is 2.32 bits per heavy atom. The SMILES string of the molecule is O=C1CC2(CCc3[nH]c4ncccc4c3C2)CN1F. The fourth-order valence-corrected chi connectivity index (χ4v) is 3.53. The van der Waals surface area contributed by atoms with Crippen LogP contribution in [0.3, 0.4) is 0 Å². The summed E-state index contributed by atoms with van der Waals surface area (Å²) in [6.07, 6.45) is 4.59. The molecule has 2 aliphatic rings. The Balaban J connectivity index is 1.79. The van der Waals surface area contributed by atoms with Gasteiger partial charge in [-0.1, -0.05) is 4.48 Å². The van der Waals surface area contributed by atoms with Crippen molar-refractivity contribution < 1.29 is 9.28 Å². The molecule has 1 amide bonds. The molecule has 4 nitrogen and oxygen atoms in total. The fraction of sp³-hybridized carbons (Fsp3) is 0.429. The summed E-state index contributed by atoms with van der Waals surface area (Å²) in [4.78, 5) is 19.2. The van der Waals surface area contributed by atoms with Crippen molar-refractivity contribution in [1.82, 2.24) is 15.1 Å². The summed E-state index contributed by atoms with van der Waals surface area (Å²) >= 11 is 0. The molecule has 0 aromatic carbocycles. The van der Waals surface area contributed by atoms with Gasteiger partial charge in [0.25, 0.3) is 5.91 Å². The Hall–Kier alpha value is -1.91. The summed E-state index contributed by atoms with van der Waals surface area (Å²) < 4.78 is 13.4. The van der Waals surface area contributed by atoms with E-state index in [9.17, 15) is 9.28 Å². The van der Waals surface area contributed by atoms with E-state index in [-0.39, 0.29) is 17.9 Å². The molecule has 2 aromatic heterocycles. The van der Waals surface area contributed by atoms with Gasteiger partial charge in [-0.05, 0) is 37.0 Å². The van der Waals surface area contributed by atoms with Crippen LogP contribution in [0.25, 0.3) is 11.0 Å². The highest BCUT2D eigenvalue weighted by atomic mass is 19.2. The molecule has 5 heteroatoms. The molecule has 19 heavy (non-hydrogen) atoms. The molecular formula is C14H14FN3O. The maximum atomic E-state index is 13.4. The highest BCUT2D eigenvalue weighted by Crippen LogP contribution is 2.44. The molecule has 1 N–H and O–H groups in total. The second-order valence-electron chi connectivity index (χ2n) is 5.75. The lowest BCUT2D eigenvalue weighted by atomic mass is 9.72. The van der Waals surface area contributed by atoms with Crippen LogP contribution < -0.4 is 0 Å². The molecule has 1 saturated heterocycles. The number of H-pyrrole nitrogens is 1. The lowest BCUT2D eigenvalue weighted by molar-refractivity contribution is -0.140. The number of rotatable bonds is 0. The number of hydrogen-bond donors (Lipinski definition) is 1. The summed E-state index contributed by atoms with van der Waals surface area (Å²) in [7, 11) is 0. The zero-order valence-electron chi connectivity index (χ0n) is 10.4. The number of fused-ring (bicyclic) bond motifs is 3. The van der Waals surface area contributed by atoms with Crippen molar-refractivity contribution in [1.29, 1.82) is 0 Å². The van der Waals surface area contributed by atoms with Gasteiger partial charge < -0.3 is 4.98 Å². The standard InChI is InChI=1S/C14H14FN3O/c15-18-8-14(7-12(18)19)4-3-11-10(6-14)9-2-1-5-16-13(9)17-11/h1-2,5H,3-4,6-8H2,(H,16,17). The summed E-state index contributed by atoms with van der Waals surface area (Å²) in [5, 5.41) is 1.50. The average Bonchev–Trinajstić information content (AvgIpc) is 2.89. The molecule has 1 atom stereocenters. The van der Waals surface area contributed by atoms with Crippen molar-refractivity contribution in [2.45, 2.75) is 25.7 Å². The first kappa shape index (κ1) is 11.0. The van der Waals surface area contributed by atoms with E-state index in [1.54, 1.807) is 6.20 Å².